The molecule has 1 aromatic carbocycles. The van der Waals surface area contributed by atoms with E-state index in [0.29, 0.717) is 11.6 Å². The predicted octanol–water partition coefficient (Wildman–Crippen LogP) is 3.84. The molecule has 7 nitrogen and oxygen atoms in total. The van der Waals surface area contributed by atoms with Crippen molar-refractivity contribution in [1.82, 2.24) is 24.8 Å². The molecule has 2 heterocycles. The average Bonchev–Trinajstić information content (AvgIpc) is 3.02. The Morgan fingerprint density at radius 2 is 1.83 bits per heavy atom. The maximum absolute atomic E-state index is 4.85. The SMILES string of the molecule is CNC(C)(C)CN(C)c1nc(Nc2cccc(C(C)(C)C)c2)c2c(ncn2C)n1. The number of benzene rings is 1. The fourth-order valence-electron chi connectivity index (χ4n) is 3.25. The van der Waals surface area contributed by atoms with Crippen LogP contribution in [0.4, 0.5) is 17.5 Å². The van der Waals surface area contributed by atoms with E-state index in [9.17, 15) is 0 Å². The Bertz CT molecular complexity index is 998. The van der Waals surface area contributed by atoms with Crippen LogP contribution < -0.4 is 15.5 Å². The molecule has 0 spiro atoms. The van der Waals surface area contributed by atoms with Crippen molar-refractivity contribution in [2.75, 3.05) is 30.9 Å². The van der Waals surface area contributed by atoms with Crippen molar-refractivity contribution >= 4 is 28.6 Å². The molecule has 156 valence electrons. The highest BCUT2D eigenvalue weighted by molar-refractivity contribution is 5.86. The fraction of sp³-hybridized carbons (Fsp3) is 0.500. The van der Waals surface area contributed by atoms with Gasteiger partial charge in [-0.25, -0.2) is 4.98 Å². The van der Waals surface area contributed by atoms with E-state index < -0.39 is 0 Å². The molecule has 3 rings (SSSR count). The zero-order valence-corrected chi connectivity index (χ0v) is 18.8. The summed E-state index contributed by atoms with van der Waals surface area (Å²) in [6, 6.07) is 8.47. The summed E-state index contributed by atoms with van der Waals surface area (Å²) in [5.41, 5.74) is 3.85. The third-order valence-corrected chi connectivity index (χ3v) is 5.20. The maximum Gasteiger partial charge on any atom is 0.229 e. The minimum absolute atomic E-state index is 0.0637. The highest BCUT2D eigenvalue weighted by atomic mass is 15.3. The molecule has 7 heteroatoms. The first-order valence-electron chi connectivity index (χ1n) is 9.97. The Balaban J connectivity index is 2.02. The van der Waals surface area contributed by atoms with Crippen molar-refractivity contribution in [3.05, 3.63) is 36.2 Å². The van der Waals surface area contributed by atoms with E-state index >= 15 is 0 Å². The maximum atomic E-state index is 4.85. The number of hydrogen-bond donors (Lipinski definition) is 2. The number of rotatable bonds is 6. The van der Waals surface area contributed by atoms with Gasteiger partial charge in [0.1, 0.15) is 5.52 Å². The molecular formula is C22H33N7. The molecule has 0 unspecified atom stereocenters. The van der Waals surface area contributed by atoms with Gasteiger partial charge in [-0.05, 0) is 44.0 Å². The quantitative estimate of drug-likeness (QED) is 0.661. The van der Waals surface area contributed by atoms with E-state index in [-0.39, 0.29) is 11.0 Å². The molecule has 29 heavy (non-hydrogen) atoms. The van der Waals surface area contributed by atoms with Gasteiger partial charge >= 0.3 is 0 Å². The van der Waals surface area contributed by atoms with Crippen LogP contribution in [0.1, 0.15) is 40.2 Å². The highest BCUT2D eigenvalue weighted by Gasteiger charge is 2.21. The predicted molar refractivity (Wildman–Crippen MR) is 121 cm³/mol. The zero-order valence-electron chi connectivity index (χ0n) is 18.8. The van der Waals surface area contributed by atoms with Crippen molar-refractivity contribution in [3.63, 3.8) is 0 Å². The lowest BCUT2D eigenvalue weighted by Crippen LogP contribution is -2.46. The zero-order chi connectivity index (χ0) is 21.4. The molecule has 0 aliphatic heterocycles. The van der Waals surface area contributed by atoms with Gasteiger partial charge in [-0.2, -0.15) is 9.97 Å². The van der Waals surface area contributed by atoms with Crippen molar-refractivity contribution < 1.29 is 0 Å². The van der Waals surface area contributed by atoms with Crippen LogP contribution in [0.3, 0.4) is 0 Å². The van der Waals surface area contributed by atoms with Crippen molar-refractivity contribution in [2.24, 2.45) is 7.05 Å². The number of aryl methyl sites for hydroxylation is 1. The summed E-state index contributed by atoms with van der Waals surface area (Å²) in [6.45, 7) is 11.7. The van der Waals surface area contributed by atoms with Crippen LogP contribution in [0, 0.1) is 0 Å². The molecule has 0 aliphatic carbocycles. The summed E-state index contributed by atoms with van der Waals surface area (Å²) in [5.74, 6) is 1.40. The largest absolute Gasteiger partial charge is 0.342 e. The van der Waals surface area contributed by atoms with Crippen molar-refractivity contribution in [1.29, 1.82) is 0 Å². The lowest BCUT2D eigenvalue weighted by molar-refractivity contribution is 0.426. The third kappa shape index (κ3) is 4.67. The number of aromatic nitrogens is 4. The van der Waals surface area contributed by atoms with Crippen molar-refractivity contribution in [3.8, 4) is 0 Å². The molecule has 0 aliphatic rings. The fourth-order valence-corrected chi connectivity index (χ4v) is 3.25. The smallest absolute Gasteiger partial charge is 0.229 e. The van der Waals surface area contributed by atoms with Gasteiger partial charge in [0.05, 0.1) is 6.33 Å². The molecule has 0 saturated heterocycles. The average molecular weight is 396 g/mol. The Kier molecular flexibility index (Phi) is 5.54. The molecule has 0 atom stereocenters. The molecule has 0 radical (unpaired) electrons. The summed E-state index contributed by atoms with van der Waals surface area (Å²) >= 11 is 0. The Morgan fingerprint density at radius 1 is 1.10 bits per heavy atom. The van der Waals surface area contributed by atoms with Crippen LogP contribution in [-0.2, 0) is 12.5 Å². The second-order valence-electron chi connectivity index (χ2n) is 9.35. The number of nitrogens with one attached hydrogen (secondary N) is 2. The van der Waals surface area contributed by atoms with Gasteiger partial charge in [0.25, 0.3) is 0 Å². The highest BCUT2D eigenvalue weighted by Crippen LogP contribution is 2.29. The van der Waals surface area contributed by atoms with Gasteiger partial charge < -0.3 is 20.1 Å². The van der Waals surface area contributed by atoms with Gasteiger partial charge in [0.2, 0.25) is 5.95 Å². The van der Waals surface area contributed by atoms with Crippen LogP contribution in [0.25, 0.3) is 11.2 Å². The first-order chi connectivity index (χ1) is 13.5. The van der Waals surface area contributed by atoms with Gasteiger partial charge in [0, 0.05) is 31.9 Å². The molecule has 0 bridgehead atoms. The number of nitrogens with zero attached hydrogens (tertiary/aromatic N) is 5. The van der Waals surface area contributed by atoms with Crippen LogP contribution in [0.5, 0.6) is 0 Å². The molecule has 2 aromatic heterocycles. The van der Waals surface area contributed by atoms with Gasteiger partial charge in [-0.15, -0.1) is 0 Å². The minimum atomic E-state index is -0.0637. The summed E-state index contributed by atoms with van der Waals surface area (Å²) in [5, 5.41) is 6.83. The van der Waals surface area contributed by atoms with E-state index in [0.717, 1.165) is 23.6 Å². The molecule has 0 saturated carbocycles. The standard InChI is InChI=1S/C22H33N7/c1-21(2,3)15-10-9-11-16(12-15)25-19-17-18(24-14-29(17)8)26-20(27-19)28(7)13-22(4,5)23-6/h9-12,14,23H,13H2,1-8H3,(H,25,26,27). The number of likely N-dealkylation sites (N-methyl/N-ethyl adjacent to an activating group) is 2. The van der Waals surface area contributed by atoms with E-state index in [1.165, 1.54) is 5.56 Å². The van der Waals surface area contributed by atoms with Gasteiger partial charge in [0.15, 0.2) is 11.5 Å². The summed E-state index contributed by atoms with van der Waals surface area (Å²) in [4.78, 5) is 16.1. The topological polar surface area (TPSA) is 70.9 Å². The van der Waals surface area contributed by atoms with Crippen LogP contribution in [0.2, 0.25) is 0 Å². The third-order valence-electron chi connectivity index (χ3n) is 5.20. The van der Waals surface area contributed by atoms with Crippen LogP contribution in [0.15, 0.2) is 30.6 Å². The Hall–Kier alpha value is -2.67. The number of imidazole rings is 1. The first-order valence-corrected chi connectivity index (χ1v) is 9.97. The lowest BCUT2D eigenvalue weighted by atomic mass is 9.87. The number of anilines is 3. The normalized spacial score (nSPS) is 12.4. The Labute approximate surface area is 173 Å². The molecule has 0 fully saturated rings. The summed E-state index contributed by atoms with van der Waals surface area (Å²) in [6.07, 6.45) is 1.78. The van der Waals surface area contributed by atoms with Crippen LogP contribution >= 0.6 is 0 Å². The second kappa shape index (κ2) is 7.63. The van der Waals surface area contributed by atoms with Crippen LogP contribution in [-0.4, -0.2) is 45.7 Å². The Morgan fingerprint density at radius 3 is 2.48 bits per heavy atom. The summed E-state index contributed by atoms with van der Waals surface area (Å²) < 4.78 is 1.95. The second-order valence-corrected chi connectivity index (χ2v) is 9.35. The molecular weight excluding hydrogens is 362 g/mol. The minimum Gasteiger partial charge on any atom is -0.342 e. The number of hydrogen-bond acceptors (Lipinski definition) is 6. The number of fused-ring (bicyclic) bond motifs is 1. The van der Waals surface area contributed by atoms with E-state index in [1.54, 1.807) is 6.33 Å². The lowest BCUT2D eigenvalue weighted by Gasteiger charge is -2.30. The molecule has 3 aromatic rings. The van der Waals surface area contributed by atoms with E-state index in [2.05, 4.69) is 84.4 Å². The van der Waals surface area contributed by atoms with E-state index in [4.69, 9.17) is 4.98 Å². The van der Waals surface area contributed by atoms with Gasteiger partial charge in [-0.3, -0.25) is 0 Å². The monoisotopic (exact) mass is 395 g/mol. The van der Waals surface area contributed by atoms with Gasteiger partial charge in [-0.1, -0.05) is 32.9 Å². The van der Waals surface area contributed by atoms with Crippen molar-refractivity contribution in [2.45, 2.75) is 45.6 Å². The summed E-state index contributed by atoms with van der Waals surface area (Å²) in [7, 11) is 5.93. The first kappa shape index (κ1) is 21.0. The van der Waals surface area contributed by atoms with E-state index in [1.807, 2.05) is 25.7 Å². The molecule has 0 amide bonds. The molecule has 2 N–H and O–H groups in total.